The van der Waals surface area contributed by atoms with Crippen molar-refractivity contribution in [3.8, 4) is 22.1 Å². The minimum Gasteiger partial charge on any atom is -0.482 e. The third-order valence-electron chi connectivity index (χ3n) is 3.96. The number of ether oxygens (including phenoxy) is 1. The molecule has 0 aliphatic rings. The summed E-state index contributed by atoms with van der Waals surface area (Å²) in [7, 11) is 0. The van der Waals surface area contributed by atoms with Crippen molar-refractivity contribution in [3.63, 3.8) is 0 Å². The third-order valence-corrected chi connectivity index (χ3v) is 4.83. The zero-order valence-corrected chi connectivity index (χ0v) is 16.9. The zero-order valence-electron chi connectivity index (χ0n) is 16.1. The second-order valence-corrected chi connectivity index (χ2v) is 7.05. The third kappa shape index (κ3) is 4.44. The molecule has 0 aliphatic carbocycles. The number of amides is 1. The number of carbonyl (C=O) groups is 2. The highest BCUT2D eigenvalue weighted by Gasteiger charge is 2.25. The van der Waals surface area contributed by atoms with Crippen molar-refractivity contribution in [2.45, 2.75) is 0 Å². The van der Waals surface area contributed by atoms with E-state index in [4.69, 9.17) is 15.6 Å². The van der Waals surface area contributed by atoms with Crippen LogP contribution in [0.25, 0.3) is 16.4 Å². The fraction of sp³-hybridized carbons (Fsp3) is 0.0556. The van der Waals surface area contributed by atoms with Crippen molar-refractivity contribution < 1.29 is 24.1 Å². The molecule has 4 rings (SSSR count). The summed E-state index contributed by atoms with van der Waals surface area (Å²) in [6, 6.07) is 10.1. The van der Waals surface area contributed by atoms with Crippen molar-refractivity contribution in [1.29, 1.82) is 0 Å². The van der Waals surface area contributed by atoms with Gasteiger partial charge in [-0.1, -0.05) is 11.3 Å². The van der Waals surface area contributed by atoms with Gasteiger partial charge >= 0.3 is 5.97 Å². The maximum Gasteiger partial charge on any atom is 0.341 e. The molecule has 0 saturated carbocycles. The largest absolute Gasteiger partial charge is 0.482 e. The average Bonchev–Trinajstić information content (AvgIpc) is 3.53. The van der Waals surface area contributed by atoms with Crippen LogP contribution in [0.15, 0.2) is 51.5 Å². The van der Waals surface area contributed by atoms with Gasteiger partial charge < -0.3 is 15.6 Å². The van der Waals surface area contributed by atoms with Gasteiger partial charge in [0.2, 0.25) is 11.6 Å². The van der Waals surface area contributed by atoms with Gasteiger partial charge in [0.1, 0.15) is 11.4 Å². The van der Waals surface area contributed by atoms with Gasteiger partial charge in [-0.3, -0.25) is 4.79 Å². The molecule has 3 heterocycles. The van der Waals surface area contributed by atoms with Crippen molar-refractivity contribution in [3.05, 3.63) is 53.0 Å². The van der Waals surface area contributed by atoms with Gasteiger partial charge in [-0.05, 0) is 51.6 Å². The quantitative estimate of drug-likeness (QED) is 0.258. The first kappa shape index (κ1) is 20.7. The summed E-state index contributed by atoms with van der Waals surface area (Å²) in [6.45, 7) is -0.438. The van der Waals surface area contributed by atoms with E-state index in [0.29, 0.717) is 21.9 Å². The molecule has 3 aromatic heterocycles. The van der Waals surface area contributed by atoms with E-state index >= 15 is 0 Å². The normalized spacial score (nSPS) is 11.0. The van der Waals surface area contributed by atoms with E-state index in [1.54, 1.807) is 30.3 Å². The Morgan fingerprint density at radius 3 is 2.75 bits per heavy atom. The number of nitrogens with two attached hydrogens (primary N) is 1. The Hall–Kier alpha value is -4.59. The van der Waals surface area contributed by atoms with E-state index in [1.165, 1.54) is 22.2 Å². The molecule has 0 atom stereocenters. The van der Waals surface area contributed by atoms with Crippen molar-refractivity contribution >= 4 is 35.2 Å². The Kier molecular flexibility index (Phi) is 5.85. The van der Waals surface area contributed by atoms with Crippen LogP contribution >= 0.6 is 11.3 Å². The van der Waals surface area contributed by atoms with Crippen molar-refractivity contribution in [2.75, 3.05) is 12.3 Å². The maximum absolute atomic E-state index is 12.7. The summed E-state index contributed by atoms with van der Waals surface area (Å²) in [5.41, 5.74) is 9.16. The van der Waals surface area contributed by atoms with Crippen LogP contribution in [0.2, 0.25) is 0 Å². The van der Waals surface area contributed by atoms with Gasteiger partial charge in [-0.2, -0.15) is 9.78 Å². The number of carbonyl (C=O) groups excluding carboxylic acids is 1. The maximum atomic E-state index is 12.7. The lowest BCUT2D eigenvalue weighted by atomic mass is 10.2. The smallest absolute Gasteiger partial charge is 0.341 e. The van der Waals surface area contributed by atoms with E-state index in [2.05, 4.69) is 35.8 Å². The van der Waals surface area contributed by atoms with Crippen LogP contribution in [0.3, 0.4) is 0 Å². The molecule has 0 bridgehead atoms. The Balaban J connectivity index is 1.51. The van der Waals surface area contributed by atoms with Gasteiger partial charge in [0.25, 0.3) is 5.91 Å². The molecule has 4 aromatic rings. The van der Waals surface area contributed by atoms with Gasteiger partial charge in [0, 0.05) is 0 Å². The number of aromatic nitrogens is 5. The van der Waals surface area contributed by atoms with Crippen LogP contribution in [-0.2, 0) is 4.79 Å². The van der Waals surface area contributed by atoms with E-state index < -0.39 is 18.5 Å². The fourth-order valence-corrected chi connectivity index (χ4v) is 3.32. The first-order chi connectivity index (χ1) is 15.5. The van der Waals surface area contributed by atoms with Crippen molar-refractivity contribution in [2.24, 2.45) is 5.10 Å². The molecule has 4 N–H and O–H groups in total. The second-order valence-electron chi connectivity index (χ2n) is 6.10. The Morgan fingerprint density at radius 2 is 2.09 bits per heavy atom. The molecule has 0 unspecified atom stereocenters. The second kappa shape index (κ2) is 9.05. The number of carboxylic acids is 1. The lowest BCUT2D eigenvalue weighted by molar-refractivity contribution is -0.139. The van der Waals surface area contributed by atoms with E-state index in [1.807, 2.05) is 11.4 Å². The molecule has 0 saturated heterocycles. The molecule has 14 heteroatoms. The number of nitrogens with zero attached hydrogens (tertiary/aromatic N) is 6. The number of hydrogen-bond acceptors (Lipinski definition) is 11. The van der Waals surface area contributed by atoms with Gasteiger partial charge in [-0.25, -0.2) is 14.8 Å². The molecule has 1 aromatic carbocycles. The molecule has 0 fully saturated rings. The lowest BCUT2D eigenvalue weighted by Crippen LogP contribution is -2.19. The highest BCUT2D eigenvalue weighted by Crippen LogP contribution is 2.29. The monoisotopic (exact) mass is 454 g/mol. The highest BCUT2D eigenvalue weighted by molar-refractivity contribution is 7.13. The standard InChI is InChI=1S/C18H14N8O5S/c19-16-17(24-31-23-16)26-15(12-2-1-7-32-12)14(21-25-26)18(29)22-20-8-10-3-5-11(6-4-10)30-9-13(27)28/h1-8H,9H2,(H2,19,23)(H,22,29)(H,27,28)/b20-8-. The van der Waals surface area contributed by atoms with Crippen LogP contribution in [0.5, 0.6) is 5.75 Å². The van der Waals surface area contributed by atoms with Gasteiger partial charge in [0.15, 0.2) is 12.3 Å². The van der Waals surface area contributed by atoms with E-state index in [0.717, 1.165) is 0 Å². The molecule has 1 amide bonds. The summed E-state index contributed by atoms with van der Waals surface area (Å²) < 4.78 is 10.9. The summed E-state index contributed by atoms with van der Waals surface area (Å²) in [5.74, 6) is -1.18. The predicted octanol–water partition coefficient (Wildman–Crippen LogP) is 1.19. The van der Waals surface area contributed by atoms with Gasteiger partial charge in [-0.15, -0.1) is 16.4 Å². The summed E-state index contributed by atoms with van der Waals surface area (Å²) in [6.07, 6.45) is 1.41. The van der Waals surface area contributed by atoms with Crippen LogP contribution in [0.1, 0.15) is 16.1 Å². The number of hydrazone groups is 1. The SMILES string of the molecule is Nc1nonc1-n1nnc(C(=O)N/N=C\c2ccc(OCC(=O)O)cc2)c1-c1cccs1. The molecule has 13 nitrogen and oxygen atoms in total. The fourth-order valence-electron chi connectivity index (χ4n) is 2.57. The molecule has 32 heavy (non-hydrogen) atoms. The predicted molar refractivity (Wildman–Crippen MR) is 112 cm³/mol. The van der Waals surface area contributed by atoms with Crippen LogP contribution in [-0.4, -0.2) is 55.1 Å². The Labute approximate surface area is 183 Å². The highest BCUT2D eigenvalue weighted by atomic mass is 32.1. The first-order valence-corrected chi connectivity index (χ1v) is 9.77. The van der Waals surface area contributed by atoms with Crippen LogP contribution in [0, 0.1) is 0 Å². The van der Waals surface area contributed by atoms with Crippen LogP contribution < -0.4 is 15.9 Å². The molecule has 0 spiro atoms. The number of anilines is 1. The molecule has 0 radical (unpaired) electrons. The first-order valence-electron chi connectivity index (χ1n) is 8.89. The van der Waals surface area contributed by atoms with E-state index in [9.17, 15) is 9.59 Å². The number of nitrogens with one attached hydrogen (secondary N) is 1. The lowest BCUT2D eigenvalue weighted by Gasteiger charge is -2.03. The van der Waals surface area contributed by atoms with E-state index in [-0.39, 0.29) is 17.3 Å². The minimum atomic E-state index is -1.07. The summed E-state index contributed by atoms with van der Waals surface area (Å²) >= 11 is 1.37. The topological polar surface area (TPSA) is 184 Å². The number of hydrogen-bond donors (Lipinski definition) is 3. The van der Waals surface area contributed by atoms with Crippen molar-refractivity contribution in [1.82, 2.24) is 30.7 Å². The number of rotatable bonds is 8. The van der Waals surface area contributed by atoms with Crippen LogP contribution in [0.4, 0.5) is 5.82 Å². The molecular weight excluding hydrogens is 440 g/mol. The Morgan fingerprint density at radius 1 is 1.28 bits per heavy atom. The summed E-state index contributed by atoms with van der Waals surface area (Å²) in [4.78, 5) is 23.9. The number of thiophene rings is 1. The zero-order chi connectivity index (χ0) is 22.5. The number of nitrogen functional groups attached to an aromatic ring is 1. The average molecular weight is 454 g/mol. The number of benzene rings is 1. The Bertz CT molecular complexity index is 1260. The number of aliphatic carboxylic acids is 1. The van der Waals surface area contributed by atoms with Gasteiger partial charge in [0.05, 0.1) is 11.1 Å². The molecular formula is C18H14N8O5S. The number of carboxylic acid groups (broad SMARTS) is 1. The molecule has 0 aliphatic heterocycles. The molecule has 162 valence electrons. The minimum absolute atomic E-state index is 0.00409. The summed E-state index contributed by atoms with van der Waals surface area (Å²) in [5, 5.41) is 29.5.